The molecule has 1 aromatic carbocycles. The number of hydrogen-bond donors (Lipinski definition) is 2. The Morgan fingerprint density at radius 2 is 2.33 bits per heavy atom. The number of hydrogen-bond acceptors (Lipinski definition) is 3. The SMILES string of the molecule is CC(N)Cc1cc(Br)c2[nH]c(=O)oc2c1. The van der Waals surface area contributed by atoms with Gasteiger partial charge in [0.15, 0.2) is 5.58 Å². The number of oxazole rings is 1. The van der Waals surface area contributed by atoms with Crippen LogP contribution in [-0.2, 0) is 6.42 Å². The predicted molar refractivity (Wildman–Crippen MR) is 61.9 cm³/mol. The maximum atomic E-state index is 11.0. The molecule has 0 aliphatic heterocycles. The quantitative estimate of drug-likeness (QED) is 0.874. The molecule has 1 atom stereocenters. The molecular weight excluding hydrogens is 260 g/mol. The van der Waals surface area contributed by atoms with Crippen LogP contribution in [0.5, 0.6) is 0 Å². The molecular formula is C10H11BrN2O2. The third-order valence-corrected chi connectivity index (χ3v) is 2.73. The predicted octanol–water partition coefficient (Wildman–Crippen LogP) is 1.77. The standard InChI is InChI=1S/C10H11BrN2O2/c1-5(12)2-6-3-7(11)9-8(4-6)15-10(14)13-9/h3-5H,2,12H2,1H3,(H,13,14). The first-order valence-electron chi connectivity index (χ1n) is 4.63. The molecule has 0 aliphatic carbocycles. The smallest absolute Gasteiger partial charge is 0.408 e. The zero-order chi connectivity index (χ0) is 11.0. The molecule has 0 saturated heterocycles. The van der Waals surface area contributed by atoms with E-state index in [9.17, 15) is 4.79 Å². The number of aromatic amines is 1. The number of H-pyrrole nitrogens is 1. The maximum Gasteiger partial charge on any atom is 0.417 e. The van der Waals surface area contributed by atoms with Crippen LogP contribution in [0.2, 0.25) is 0 Å². The summed E-state index contributed by atoms with van der Waals surface area (Å²) in [5.41, 5.74) is 8.01. The Hall–Kier alpha value is -1.07. The average molecular weight is 271 g/mol. The Kier molecular flexibility index (Phi) is 2.67. The van der Waals surface area contributed by atoms with Gasteiger partial charge in [0.1, 0.15) is 5.52 Å². The highest BCUT2D eigenvalue weighted by Crippen LogP contribution is 2.23. The van der Waals surface area contributed by atoms with Crippen LogP contribution < -0.4 is 11.5 Å². The summed E-state index contributed by atoms with van der Waals surface area (Å²) < 4.78 is 5.81. The molecule has 2 rings (SSSR count). The van der Waals surface area contributed by atoms with Crippen molar-refractivity contribution in [3.8, 4) is 0 Å². The molecule has 80 valence electrons. The molecule has 3 N–H and O–H groups in total. The molecule has 0 bridgehead atoms. The molecule has 2 aromatic rings. The monoisotopic (exact) mass is 270 g/mol. The fourth-order valence-electron chi connectivity index (χ4n) is 1.55. The van der Waals surface area contributed by atoms with Gasteiger partial charge >= 0.3 is 5.76 Å². The third kappa shape index (κ3) is 2.13. The van der Waals surface area contributed by atoms with Crippen molar-refractivity contribution in [2.45, 2.75) is 19.4 Å². The molecule has 0 radical (unpaired) electrons. The fraction of sp³-hybridized carbons (Fsp3) is 0.300. The molecule has 15 heavy (non-hydrogen) atoms. The van der Waals surface area contributed by atoms with Crippen molar-refractivity contribution < 1.29 is 4.42 Å². The number of nitrogens with one attached hydrogen (secondary N) is 1. The summed E-state index contributed by atoms with van der Waals surface area (Å²) in [5.74, 6) is -0.441. The van der Waals surface area contributed by atoms with Gasteiger partial charge in [0.25, 0.3) is 0 Å². The lowest BCUT2D eigenvalue weighted by atomic mass is 10.1. The number of halogens is 1. The van der Waals surface area contributed by atoms with E-state index in [1.54, 1.807) is 0 Å². The molecule has 0 aliphatic rings. The lowest BCUT2D eigenvalue weighted by molar-refractivity contribution is 0.555. The fourth-order valence-corrected chi connectivity index (χ4v) is 2.14. The van der Waals surface area contributed by atoms with Crippen molar-refractivity contribution in [3.05, 3.63) is 32.7 Å². The second-order valence-corrected chi connectivity index (χ2v) is 4.50. The largest absolute Gasteiger partial charge is 0.417 e. The van der Waals surface area contributed by atoms with E-state index in [1.807, 2.05) is 19.1 Å². The van der Waals surface area contributed by atoms with E-state index in [1.165, 1.54) is 0 Å². The van der Waals surface area contributed by atoms with Gasteiger partial charge in [-0.2, -0.15) is 0 Å². The van der Waals surface area contributed by atoms with Gasteiger partial charge < -0.3 is 10.2 Å². The first-order valence-corrected chi connectivity index (χ1v) is 5.42. The second kappa shape index (κ2) is 3.83. The van der Waals surface area contributed by atoms with E-state index < -0.39 is 5.76 Å². The Labute approximate surface area is 94.6 Å². The average Bonchev–Trinajstić information content (AvgIpc) is 2.44. The Morgan fingerprint density at radius 3 is 3.00 bits per heavy atom. The first-order chi connectivity index (χ1) is 7.06. The molecule has 1 unspecified atom stereocenters. The Bertz CT molecular complexity index is 542. The van der Waals surface area contributed by atoms with E-state index in [-0.39, 0.29) is 6.04 Å². The number of benzene rings is 1. The third-order valence-electron chi connectivity index (χ3n) is 2.10. The van der Waals surface area contributed by atoms with Gasteiger partial charge in [-0.05, 0) is 47.0 Å². The van der Waals surface area contributed by atoms with E-state index in [4.69, 9.17) is 10.2 Å². The zero-order valence-corrected chi connectivity index (χ0v) is 9.80. The number of nitrogens with two attached hydrogens (primary N) is 1. The highest BCUT2D eigenvalue weighted by molar-refractivity contribution is 9.10. The van der Waals surface area contributed by atoms with Crippen LogP contribution in [0.4, 0.5) is 0 Å². The molecule has 0 spiro atoms. The summed E-state index contributed by atoms with van der Waals surface area (Å²) in [6, 6.07) is 3.86. The van der Waals surface area contributed by atoms with Gasteiger partial charge in [0.2, 0.25) is 0 Å². The summed E-state index contributed by atoms with van der Waals surface area (Å²) in [4.78, 5) is 13.6. The van der Waals surface area contributed by atoms with Crippen molar-refractivity contribution in [3.63, 3.8) is 0 Å². The summed E-state index contributed by atoms with van der Waals surface area (Å²) >= 11 is 3.38. The summed E-state index contributed by atoms with van der Waals surface area (Å²) in [6.07, 6.45) is 0.753. The summed E-state index contributed by atoms with van der Waals surface area (Å²) in [5, 5.41) is 0. The molecule has 5 heteroatoms. The maximum absolute atomic E-state index is 11.0. The van der Waals surface area contributed by atoms with Crippen LogP contribution in [0.1, 0.15) is 12.5 Å². The van der Waals surface area contributed by atoms with Gasteiger partial charge in [0, 0.05) is 10.5 Å². The number of aromatic nitrogens is 1. The van der Waals surface area contributed by atoms with Crippen molar-refractivity contribution in [1.82, 2.24) is 4.98 Å². The molecule has 4 nitrogen and oxygen atoms in total. The minimum Gasteiger partial charge on any atom is -0.408 e. The van der Waals surface area contributed by atoms with Crippen molar-refractivity contribution >= 4 is 27.0 Å². The first kappa shape index (κ1) is 10.4. The molecule has 1 aromatic heterocycles. The van der Waals surface area contributed by atoms with Crippen LogP contribution >= 0.6 is 15.9 Å². The molecule has 0 amide bonds. The minimum atomic E-state index is -0.441. The van der Waals surface area contributed by atoms with Gasteiger partial charge in [-0.15, -0.1) is 0 Å². The zero-order valence-electron chi connectivity index (χ0n) is 8.21. The van der Waals surface area contributed by atoms with Crippen molar-refractivity contribution in [2.24, 2.45) is 5.73 Å². The minimum absolute atomic E-state index is 0.0833. The summed E-state index contributed by atoms with van der Waals surface area (Å²) in [6.45, 7) is 1.94. The van der Waals surface area contributed by atoms with Crippen LogP contribution in [-0.4, -0.2) is 11.0 Å². The topological polar surface area (TPSA) is 72.0 Å². The van der Waals surface area contributed by atoms with Gasteiger partial charge in [-0.25, -0.2) is 4.79 Å². The van der Waals surface area contributed by atoms with E-state index in [0.29, 0.717) is 11.1 Å². The van der Waals surface area contributed by atoms with Gasteiger partial charge in [-0.3, -0.25) is 4.98 Å². The van der Waals surface area contributed by atoms with E-state index >= 15 is 0 Å². The van der Waals surface area contributed by atoms with Crippen molar-refractivity contribution in [1.29, 1.82) is 0 Å². The molecule has 0 fully saturated rings. The normalized spacial score (nSPS) is 13.3. The number of fused-ring (bicyclic) bond motifs is 1. The number of rotatable bonds is 2. The van der Waals surface area contributed by atoms with Crippen LogP contribution in [0, 0.1) is 0 Å². The highest BCUT2D eigenvalue weighted by Gasteiger charge is 2.08. The van der Waals surface area contributed by atoms with Crippen LogP contribution in [0.3, 0.4) is 0 Å². The lowest BCUT2D eigenvalue weighted by Gasteiger charge is -2.05. The summed E-state index contributed by atoms with van der Waals surface area (Å²) in [7, 11) is 0. The lowest BCUT2D eigenvalue weighted by Crippen LogP contribution is -2.17. The molecule has 1 heterocycles. The molecule has 0 saturated carbocycles. The van der Waals surface area contributed by atoms with Gasteiger partial charge in [0.05, 0.1) is 0 Å². The van der Waals surface area contributed by atoms with Crippen LogP contribution in [0.25, 0.3) is 11.1 Å². The second-order valence-electron chi connectivity index (χ2n) is 3.65. The van der Waals surface area contributed by atoms with E-state index in [0.717, 1.165) is 16.5 Å². The van der Waals surface area contributed by atoms with Crippen LogP contribution in [0.15, 0.2) is 25.8 Å². The Morgan fingerprint density at radius 1 is 1.60 bits per heavy atom. The Balaban J connectivity index is 2.56. The van der Waals surface area contributed by atoms with Crippen molar-refractivity contribution in [2.75, 3.05) is 0 Å². The van der Waals surface area contributed by atoms with E-state index in [2.05, 4.69) is 20.9 Å². The highest BCUT2D eigenvalue weighted by atomic mass is 79.9. The van der Waals surface area contributed by atoms with Gasteiger partial charge in [-0.1, -0.05) is 0 Å².